The number of rotatable bonds is 7. The fourth-order valence-corrected chi connectivity index (χ4v) is 2.77. The average molecular weight is 421 g/mol. The van der Waals surface area contributed by atoms with Crippen LogP contribution in [0.3, 0.4) is 0 Å². The van der Waals surface area contributed by atoms with Crippen LogP contribution >= 0.6 is 11.6 Å². The molecule has 0 unspecified atom stereocenters. The lowest BCUT2D eigenvalue weighted by Crippen LogP contribution is -2.31. The first-order chi connectivity index (χ1) is 14.5. The molecular formula is C20H17ClN8O. The SMILES string of the molecule is C[C@@H](C#N)NC(=O)c1ccc(-c2nc(Nc3cnn(CCC#N)c3)ncc2Cl)cc1. The third kappa shape index (κ3) is 5.10. The van der Waals surface area contributed by atoms with Crippen molar-refractivity contribution >= 4 is 29.1 Å². The van der Waals surface area contributed by atoms with Crippen molar-refractivity contribution in [2.24, 2.45) is 0 Å². The molecule has 9 nitrogen and oxygen atoms in total. The molecule has 1 atom stereocenters. The van der Waals surface area contributed by atoms with E-state index in [4.69, 9.17) is 22.1 Å². The smallest absolute Gasteiger partial charge is 0.252 e. The number of carbonyl (C=O) groups excluding carboxylic acids is 1. The van der Waals surface area contributed by atoms with E-state index in [0.29, 0.717) is 46.4 Å². The number of hydrogen-bond donors (Lipinski definition) is 2. The van der Waals surface area contributed by atoms with Crippen molar-refractivity contribution in [3.8, 4) is 23.4 Å². The van der Waals surface area contributed by atoms with E-state index in [0.717, 1.165) is 0 Å². The van der Waals surface area contributed by atoms with Crippen LogP contribution in [0.1, 0.15) is 23.7 Å². The number of nitriles is 2. The van der Waals surface area contributed by atoms with Gasteiger partial charge < -0.3 is 10.6 Å². The van der Waals surface area contributed by atoms with Crippen LogP contribution in [-0.4, -0.2) is 31.7 Å². The molecule has 0 aliphatic heterocycles. The predicted molar refractivity (Wildman–Crippen MR) is 111 cm³/mol. The lowest BCUT2D eigenvalue weighted by atomic mass is 10.1. The maximum absolute atomic E-state index is 12.1. The number of halogens is 1. The van der Waals surface area contributed by atoms with Crippen LogP contribution in [0, 0.1) is 22.7 Å². The van der Waals surface area contributed by atoms with Crippen molar-refractivity contribution in [2.75, 3.05) is 5.32 Å². The lowest BCUT2D eigenvalue weighted by Gasteiger charge is -2.09. The van der Waals surface area contributed by atoms with Crippen molar-refractivity contribution in [3.05, 3.63) is 53.4 Å². The van der Waals surface area contributed by atoms with E-state index in [1.165, 1.54) is 6.20 Å². The van der Waals surface area contributed by atoms with Gasteiger partial charge >= 0.3 is 0 Å². The molecular weight excluding hydrogens is 404 g/mol. The Morgan fingerprint density at radius 1 is 1.27 bits per heavy atom. The van der Waals surface area contributed by atoms with Crippen molar-refractivity contribution in [1.29, 1.82) is 10.5 Å². The fraction of sp³-hybridized carbons (Fsp3) is 0.200. The van der Waals surface area contributed by atoms with Crippen molar-refractivity contribution < 1.29 is 4.79 Å². The van der Waals surface area contributed by atoms with Gasteiger partial charge in [0.25, 0.3) is 5.91 Å². The molecule has 0 saturated carbocycles. The first kappa shape index (κ1) is 20.8. The molecule has 0 aliphatic rings. The predicted octanol–water partition coefficient (Wildman–Crippen LogP) is 3.29. The second kappa shape index (κ2) is 9.50. The first-order valence-corrected chi connectivity index (χ1v) is 9.38. The molecule has 1 amide bonds. The van der Waals surface area contributed by atoms with Gasteiger partial charge in [-0.2, -0.15) is 15.6 Å². The van der Waals surface area contributed by atoms with Crippen molar-refractivity contribution in [1.82, 2.24) is 25.1 Å². The maximum Gasteiger partial charge on any atom is 0.252 e. The summed E-state index contributed by atoms with van der Waals surface area (Å²) in [5, 5.41) is 27.6. The summed E-state index contributed by atoms with van der Waals surface area (Å²) in [5.41, 5.74) is 2.32. The molecule has 1 aromatic carbocycles. The molecule has 0 aliphatic carbocycles. The van der Waals surface area contributed by atoms with E-state index in [1.807, 2.05) is 6.07 Å². The molecule has 3 aromatic rings. The number of amides is 1. The zero-order valence-electron chi connectivity index (χ0n) is 16.0. The Morgan fingerprint density at radius 2 is 2.03 bits per heavy atom. The maximum atomic E-state index is 12.1. The molecule has 0 bridgehead atoms. The molecule has 150 valence electrons. The average Bonchev–Trinajstić information content (AvgIpc) is 3.20. The van der Waals surface area contributed by atoms with Gasteiger partial charge in [0.05, 0.1) is 53.9 Å². The van der Waals surface area contributed by atoms with Gasteiger partial charge in [0, 0.05) is 17.3 Å². The Morgan fingerprint density at radius 3 is 2.73 bits per heavy atom. The molecule has 2 N–H and O–H groups in total. The van der Waals surface area contributed by atoms with E-state index >= 15 is 0 Å². The van der Waals surface area contributed by atoms with Gasteiger partial charge in [-0.25, -0.2) is 9.97 Å². The summed E-state index contributed by atoms with van der Waals surface area (Å²) in [6, 6.07) is 10.2. The zero-order chi connectivity index (χ0) is 21.5. The van der Waals surface area contributed by atoms with Crippen LogP contribution in [0.4, 0.5) is 11.6 Å². The van der Waals surface area contributed by atoms with Gasteiger partial charge in [-0.05, 0) is 19.1 Å². The second-order valence-corrected chi connectivity index (χ2v) is 6.72. The van der Waals surface area contributed by atoms with Gasteiger partial charge in [-0.1, -0.05) is 23.7 Å². The third-order valence-electron chi connectivity index (χ3n) is 4.05. The van der Waals surface area contributed by atoms with Gasteiger partial charge in [0.2, 0.25) is 5.95 Å². The number of carbonyl (C=O) groups is 1. The molecule has 0 fully saturated rings. The number of aromatic nitrogens is 4. The topological polar surface area (TPSA) is 132 Å². The van der Waals surface area contributed by atoms with Crippen molar-refractivity contribution in [3.63, 3.8) is 0 Å². The van der Waals surface area contributed by atoms with E-state index in [1.54, 1.807) is 48.3 Å². The molecule has 0 spiro atoms. The Kier molecular flexibility index (Phi) is 6.58. The minimum Gasteiger partial charge on any atom is -0.337 e. The Balaban J connectivity index is 1.77. The van der Waals surface area contributed by atoms with Gasteiger partial charge in [0.15, 0.2) is 0 Å². The van der Waals surface area contributed by atoms with Gasteiger partial charge in [0.1, 0.15) is 6.04 Å². The van der Waals surface area contributed by atoms with Gasteiger partial charge in [-0.15, -0.1) is 0 Å². The van der Waals surface area contributed by atoms with E-state index in [9.17, 15) is 4.79 Å². The minimum atomic E-state index is -0.577. The summed E-state index contributed by atoms with van der Waals surface area (Å²) in [6.07, 6.45) is 5.23. The number of aryl methyl sites for hydroxylation is 1. The van der Waals surface area contributed by atoms with Crippen LogP contribution in [0.25, 0.3) is 11.3 Å². The number of nitrogens with zero attached hydrogens (tertiary/aromatic N) is 6. The highest BCUT2D eigenvalue weighted by Gasteiger charge is 2.12. The third-order valence-corrected chi connectivity index (χ3v) is 4.32. The number of nitrogens with one attached hydrogen (secondary N) is 2. The first-order valence-electron chi connectivity index (χ1n) is 9.00. The molecule has 10 heteroatoms. The highest BCUT2D eigenvalue weighted by atomic mass is 35.5. The summed E-state index contributed by atoms with van der Waals surface area (Å²) in [5.74, 6) is -0.000882. The van der Waals surface area contributed by atoms with Crippen LogP contribution in [0.2, 0.25) is 5.02 Å². The minimum absolute atomic E-state index is 0.332. The molecule has 3 rings (SSSR count). The zero-order valence-corrected chi connectivity index (χ0v) is 16.8. The van der Waals surface area contributed by atoms with Crippen LogP contribution in [0.5, 0.6) is 0 Å². The normalized spacial score (nSPS) is 11.2. The van der Waals surface area contributed by atoms with E-state index in [2.05, 4.69) is 31.8 Å². The monoisotopic (exact) mass is 420 g/mol. The number of hydrogen-bond acceptors (Lipinski definition) is 7. The highest BCUT2D eigenvalue weighted by molar-refractivity contribution is 6.32. The van der Waals surface area contributed by atoms with Crippen LogP contribution < -0.4 is 10.6 Å². The van der Waals surface area contributed by atoms with E-state index in [-0.39, 0.29) is 5.91 Å². The van der Waals surface area contributed by atoms with Crippen molar-refractivity contribution in [2.45, 2.75) is 25.9 Å². The summed E-state index contributed by atoms with van der Waals surface area (Å²) in [7, 11) is 0. The highest BCUT2D eigenvalue weighted by Crippen LogP contribution is 2.27. The number of anilines is 2. The lowest BCUT2D eigenvalue weighted by molar-refractivity contribution is 0.0948. The Labute approximate surface area is 177 Å². The fourth-order valence-electron chi connectivity index (χ4n) is 2.57. The molecule has 30 heavy (non-hydrogen) atoms. The quantitative estimate of drug-likeness (QED) is 0.599. The molecule has 2 aromatic heterocycles. The molecule has 0 radical (unpaired) electrons. The van der Waals surface area contributed by atoms with Crippen LogP contribution in [0.15, 0.2) is 42.9 Å². The summed E-state index contributed by atoms with van der Waals surface area (Å²) in [6.45, 7) is 2.10. The summed E-state index contributed by atoms with van der Waals surface area (Å²) in [4.78, 5) is 20.7. The van der Waals surface area contributed by atoms with Gasteiger partial charge in [-0.3, -0.25) is 9.48 Å². The second-order valence-electron chi connectivity index (χ2n) is 6.32. The Hall–Kier alpha value is -3.95. The van der Waals surface area contributed by atoms with Crippen LogP contribution in [-0.2, 0) is 6.54 Å². The largest absolute Gasteiger partial charge is 0.337 e. The summed E-state index contributed by atoms with van der Waals surface area (Å²) < 4.78 is 1.65. The number of benzene rings is 1. The molecule has 0 saturated heterocycles. The van der Waals surface area contributed by atoms with E-state index < -0.39 is 6.04 Å². The molecule has 2 heterocycles. The standard InChI is InChI=1S/C20H17ClN8O/c1-13(9-23)26-19(30)15-5-3-14(4-6-15)18-17(21)11-24-20(28-18)27-16-10-25-29(12-16)8-2-7-22/h3-6,10-13H,2,8H2,1H3,(H,26,30)(H,24,27,28)/t13-/m0/s1. The Bertz CT molecular complexity index is 1130. The summed E-state index contributed by atoms with van der Waals surface area (Å²) >= 11 is 6.27.